The lowest BCUT2D eigenvalue weighted by Crippen LogP contribution is -2.19. The van der Waals surface area contributed by atoms with Crippen LogP contribution in [0.15, 0.2) is 24.0 Å². The Morgan fingerprint density at radius 2 is 2.05 bits per heavy atom. The van der Waals surface area contributed by atoms with E-state index in [9.17, 15) is 9.59 Å². The number of esters is 1. The fourth-order valence-electron chi connectivity index (χ4n) is 1.40. The second-order valence-electron chi connectivity index (χ2n) is 4.04. The summed E-state index contributed by atoms with van der Waals surface area (Å²) in [5.41, 5.74) is -0.0196. The van der Waals surface area contributed by atoms with Gasteiger partial charge in [-0.25, -0.2) is 9.78 Å². The molecule has 0 unspecified atom stereocenters. The normalized spacial score (nSPS) is 11.2. The highest BCUT2D eigenvalue weighted by molar-refractivity contribution is 6.38. The summed E-state index contributed by atoms with van der Waals surface area (Å²) >= 11 is 11.7. The Kier molecular flexibility index (Phi) is 5.98. The average Bonchev–Trinajstić information content (AvgIpc) is 2.38. The van der Waals surface area contributed by atoms with E-state index >= 15 is 0 Å². The third-order valence-corrected chi connectivity index (χ3v) is 2.70. The standard InChI is InChI=1S/C13H14Cl2N2O3/c1-4-20-13(19)9(7-17(2)3)12(18)8-5-11(15)16-6-10(8)14/h5-7H,4H2,1-3H3. The molecule has 0 saturated carbocycles. The van der Waals surface area contributed by atoms with Gasteiger partial charge in [-0.05, 0) is 13.0 Å². The van der Waals surface area contributed by atoms with E-state index in [0.29, 0.717) is 0 Å². The molecule has 5 nitrogen and oxygen atoms in total. The lowest BCUT2D eigenvalue weighted by atomic mass is 10.1. The van der Waals surface area contributed by atoms with Crippen LogP contribution in [0.2, 0.25) is 10.2 Å². The van der Waals surface area contributed by atoms with Gasteiger partial charge < -0.3 is 9.64 Å². The summed E-state index contributed by atoms with van der Waals surface area (Å²) in [4.78, 5) is 29.6. The maximum atomic E-state index is 12.4. The van der Waals surface area contributed by atoms with Crippen LogP contribution in [-0.2, 0) is 9.53 Å². The summed E-state index contributed by atoms with van der Waals surface area (Å²) in [6.07, 6.45) is 2.64. The highest BCUT2D eigenvalue weighted by atomic mass is 35.5. The van der Waals surface area contributed by atoms with E-state index in [2.05, 4.69) is 4.98 Å². The molecule has 0 N–H and O–H groups in total. The first-order valence-corrected chi connectivity index (χ1v) is 6.53. The number of Topliss-reactive ketones (excluding diaryl/α,β-unsaturated/α-hetero) is 1. The minimum atomic E-state index is -0.713. The number of nitrogens with zero attached hydrogens (tertiary/aromatic N) is 2. The van der Waals surface area contributed by atoms with Crippen LogP contribution in [-0.4, -0.2) is 42.3 Å². The number of aromatic nitrogens is 1. The van der Waals surface area contributed by atoms with Crippen LogP contribution in [0, 0.1) is 0 Å². The van der Waals surface area contributed by atoms with Crippen LogP contribution in [0.4, 0.5) is 0 Å². The minimum absolute atomic E-state index is 0.104. The van der Waals surface area contributed by atoms with Gasteiger partial charge >= 0.3 is 5.97 Å². The summed E-state index contributed by atoms with van der Waals surface area (Å²) in [5.74, 6) is -1.28. The Morgan fingerprint density at radius 3 is 2.60 bits per heavy atom. The fourth-order valence-corrected chi connectivity index (χ4v) is 1.75. The van der Waals surface area contributed by atoms with Gasteiger partial charge in [0.05, 0.1) is 11.6 Å². The van der Waals surface area contributed by atoms with Gasteiger partial charge in [-0.3, -0.25) is 4.79 Å². The molecule has 1 aromatic rings. The SMILES string of the molecule is CCOC(=O)C(=CN(C)C)C(=O)c1cc(Cl)ncc1Cl. The topological polar surface area (TPSA) is 59.5 Å². The van der Waals surface area contributed by atoms with Crippen LogP contribution in [0.25, 0.3) is 0 Å². The zero-order valence-corrected chi connectivity index (χ0v) is 12.8. The van der Waals surface area contributed by atoms with Crippen LogP contribution in [0.1, 0.15) is 17.3 Å². The molecular formula is C13H14Cl2N2O3. The first-order valence-electron chi connectivity index (χ1n) is 5.78. The first kappa shape index (κ1) is 16.5. The van der Waals surface area contributed by atoms with Crippen molar-refractivity contribution < 1.29 is 14.3 Å². The average molecular weight is 317 g/mol. The van der Waals surface area contributed by atoms with E-state index < -0.39 is 11.8 Å². The number of hydrogen-bond acceptors (Lipinski definition) is 5. The zero-order valence-electron chi connectivity index (χ0n) is 11.3. The van der Waals surface area contributed by atoms with Gasteiger partial charge in [0.1, 0.15) is 10.7 Å². The molecule has 20 heavy (non-hydrogen) atoms. The number of carbonyl (C=O) groups is 2. The van der Waals surface area contributed by atoms with Gasteiger partial charge in [0.25, 0.3) is 0 Å². The molecule has 0 atom stereocenters. The summed E-state index contributed by atoms with van der Waals surface area (Å²) in [5, 5.41) is 0.235. The maximum absolute atomic E-state index is 12.4. The van der Waals surface area contributed by atoms with Crippen LogP contribution in [0.3, 0.4) is 0 Å². The molecule has 1 rings (SSSR count). The van der Waals surface area contributed by atoms with E-state index in [4.69, 9.17) is 27.9 Å². The van der Waals surface area contributed by atoms with Crippen molar-refractivity contribution in [1.82, 2.24) is 9.88 Å². The highest BCUT2D eigenvalue weighted by Crippen LogP contribution is 2.22. The van der Waals surface area contributed by atoms with Crippen molar-refractivity contribution in [2.75, 3.05) is 20.7 Å². The van der Waals surface area contributed by atoms with Gasteiger partial charge in [-0.1, -0.05) is 23.2 Å². The van der Waals surface area contributed by atoms with Crippen LogP contribution < -0.4 is 0 Å². The van der Waals surface area contributed by atoms with Crippen LogP contribution >= 0.6 is 23.2 Å². The lowest BCUT2D eigenvalue weighted by Gasteiger charge is -2.11. The number of halogens is 2. The van der Waals surface area contributed by atoms with Gasteiger partial charge in [0, 0.05) is 32.1 Å². The number of ether oxygens (including phenoxy) is 1. The molecule has 0 fully saturated rings. The Bertz CT molecular complexity index is 557. The third-order valence-electron chi connectivity index (χ3n) is 2.19. The lowest BCUT2D eigenvalue weighted by molar-refractivity contribution is -0.138. The van der Waals surface area contributed by atoms with Gasteiger partial charge in [0.2, 0.25) is 5.78 Å². The van der Waals surface area contributed by atoms with Crippen molar-refractivity contribution in [2.24, 2.45) is 0 Å². The Labute approximate surface area is 127 Å². The van der Waals surface area contributed by atoms with Crippen molar-refractivity contribution in [3.8, 4) is 0 Å². The van der Waals surface area contributed by atoms with Crippen molar-refractivity contribution in [2.45, 2.75) is 6.92 Å². The quantitative estimate of drug-likeness (QED) is 0.209. The Morgan fingerprint density at radius 1 is 1.40 bits per heavy atom. The first-order chi connectivity index (χ1) is 9.36. The highest BCUT2D eigenvalue weighted by Gasteiger charge is 2.24. The predicted octanol–water partition coefficient (Wildman–Crippen LogP) is 2.58. The molecule has 0 aliphatic carbocycles. The summed E-state index contributed by atoms with van der Waals surface area (Å²) in [6.45, 7) is 1.83. The monoisotopic (exact) mass is 316 g/mol. The second-order valence-corrected chi connectivity index (χ2v) is 4.84. The Hall–Kier alpha value is -1.59. The summed E-state index contributed by atoms with van der Waals surface area (Å²) in [6, 6.07) is 1.31. The van der Waals surface area contributed by atoms with Crippen molar-refractivity contribution in [1.29, 1.82) is 0 Å². The molecule has 0 aliphatic rings. The molecule has 108 valence electrons. The number of hydrogen-bond donors (Lipinski definition) is 0. The molecular weight excluding hydrogens is 303 g/mol. The summed E-state index contributed by atoms with van der Waals surface area (Å²) in [7, 11) is 3.38. The van der Waals surface area contributed by atoms with Crippen molar-refractivity contribution >= 4 is 35.0 Å². The van der Waals surface area contributed by atoms with E-state index in [-0.39, 0.29) is 27.9 Å². The number of rotatable bonds is 5. The van der Waals surface area contributed by atoms with Gasteiger partial charge in [0.15, 0.2) is 0 Å². The third kappa shape index (κ3) is 4.21. The number of ketones is 1. The van der Waals surface area contributed by atoms with E-state index in [1.54, 1.807) is 25.9 Å². The van der Waals surface area contributed by atoms with E-state index in [0.717, 1.165) is 0 Å². The molecule has 0 bridgehead atoms. The smallest absolute Gasteiger partial charge is 0.343 e. The predicted molar refractivity (Wildman–Crippen MR) is 77.0 cm³/mol. The molecule has 0 aromatic carbocycles. The molecule has 0 aliphatic heterocycles. The van der Waals surface area contributed by atoms with Crippen molar-refractivity contribution in [3.63, 3.8) is 0 Å². The minimum Gasteiger partial charge on any atom is -0.462 e. The molecule has 1 aromatic heterocycles. The number of pyridine rings is 1. The molecule has 0 amide bonds. The van der Waals surface area contributed by atoms with Crippen LogP contribution in [0.5, 0.6) is 0 Å². The largest absolute Gasteiger partial charge is 0.462 e. The van der Waals surface area contributed by atoms with E-state index in [1.165, 1.54) is 18.5 Å². The van der Waals surface area contributed by atoms with Crippen molar-refractivity contribution in [3.05, 3.63) is 39.8 Å². The van der Waals surface area contributed by atoms with Gasteiger partial charge in [-0.2, -0.15) is 0 Å². The molecule has 1 heterocycles. The van der Waals surface area contributed by atoms with E-state index in [1.807, 2.05) is 0 Å². The molecule has 0 spiro atoms. The zero-order chi connectivity index (χ0) is 15.3. The second kappa shape index (κ2) is 7.26. The molecule has 0 radical (unpaired) electrons. The molecule has 0 saturated heterocycles. The fraction of sp³-hybridized carbons (Fsp3) is 0.308. The maximum Gasteiger partial charge on any atom is 0.343 e. The van der Waals surface area contributed by atoms with Gasteiger partial charge in [-0.15, -0.1) is 0 Å². The summed E-state index contributed by atoms with van der Waals surface area (Å²) < 4.78 is 4.87. The Balaban J connectivity index is 3.24. The molecule has 7 heteroatoms. The number of carbonyl (C=O) groups excluding carboxylic acids is 2.